The highest BCUT2D eigenvalue weighted by Crippen LogP contribution is 2.22. The molecular weight excluding hydrogens is 268 g/mol. The Morgan fingerprint density at radius 2 is 2.05 bits per heavy atom. The Hall–Kier alpha value is -1.89. The summed E-state index contributed by atoms with van der Waals surface area (Å²) in [6.07, 6.45) is 2.27. The maximum atomic E-state index is 5.90. The van der Waals surface area contributed by atoms with Crippen LogP contribution in [0, 0.1) is 6.92 Å². The first-order valence-electron chi connectivity index (χ1n) is 6.07. The molecule has 0 bridgehead atoms. The molecule has 100 valence electrons. The molecule has 2 aromatic rings. The molecule has 2 aromatic heterocycles. The maximum Gasteiger partial charge on any atom is 0.329 e. The van der Waals surface area contributed by atoms with Gasteiger partial charge in [0.05, 0.1) is 0 Å². The van der Waals surface area contributed by atoms with E-state index in [1.165, 1.54) is 0 Å². The number of hydrogen-bond donors (Lipinski definition) is 1. The van der Waals surface area contributed by atoms with Crippen molar-refractivity contribution in [1.82, 2.24) is 25.1 Å². The molecule has 0 aromatic carbocycles. The molecule has 1 saturated heterocycles. The number of nitrogens with one attached hydrogen (secondary N) is 1. The monoisotopic (exact) mass is 280 g/mol. The van der Waals surface area contributed by atoms with Crippen LogP contribution < -0.4 is 9.64 Å². The largest absolute Gasteiger partial charge is 0.403 e. The van der Waals surface area contributed by atoms with Gasteiger partial charge < -0.3 is 9.64 Å². The number of anilines is 1. The van der Waals surface area contributed by atoms with Crippen molar-refractivity contribution in [2.75, 3.05) is 18.0 Å². The van der Waals surface area contributed by atoms with Crippen molar-refractivity contribution in [3.63, 3.8) is 0 Å². The Bertz CT molecular complexity index is 580. The topological polar surface area (TPSA) is 79.8 Å². The lowest BCUT2D eigenvalue weighted by Crippen LogP contribution is -2.21. The Morgan fingerprint density at radius 1 is 1.26 bits per heavy atom. The zero-order chi connectivity index (χ0) is 13.2. The van der Waals surface area contributed by atoms with Gasteiger partial charge in [-0.1, -0.05) is 0 Å². The van der Waals surface area contributed by atoms with Crippen LogP contribution in [0.1, 0.15) is 18.5 Å². The van der Waals surface area contributed by atoms with Crippen LogP contribution in [-0.2, 0) is 0 Å². The van der Waals surface area contributed by atoms with E-state index >= 15 is 0 Å². The van der Waals surface area contributed by atoms with Crippen molar-refractivity contribution in [3.8, 4) is 11.9 Å². The molecule has 0 atom stereocenters. The molecule has 0 spiro atoms. The third-order valence-corrected chi connectivity index (χ3v) is 3.01. The van der Waals surface area contributed by atoms with Gasteiger partial charge >= 0.3 is 6.01 Å². The van der Waals surface area contributed by atoms with Crippen LogP contribution in [0.4, 0.5) is 5.95 Å². The van der Waals surface area contributed by atoms with E-state index in [-0.39, 0.29) is 11.3 Å². The van der Waals surface area contributed by atoms with E-state index in [2.05, 4.69) is 30.0 Å². The van der Waals surface area contributed by atoms with Gasteiger partial charge in [-0.25, -0.2) is 0 Å². The van der Waals surface area contributed by atoms with Crippen LogP contribution in [-0.4, -0.2) is 38.2 Å². The summed E-state index contributed by atoms with van der Waals surface area (Å²) in [5.41, 5.74) is 0.898. The number of aromatic nitrogens is 5. The predicted octanol–water partition coefficient (Wildman–Crippen LogP) is 1.95. The zero-order valence-electron chi connectivity index (χ0n) is 10.4. The second-order valence-corrected chi connectivity index (χ2v) is 4.71. The van der Waals surface area contributed by atoms with E-state index in [1.54, 1.807) is 6.07 Å². The number of ether oxygens (including phenoxy) is 1. The number of aromatic amines is 1. The molecule has 1 fully saturated rings. The van der Waals surface area contributed by atoms with E-state index in [1.807, 2.05) is 6.92 Å². The molecule has 0 unspecified atom stereocenters. The normalized spacial score (nSPS) is 14.9. The lowest BCUT2D eigenvalue weighted by atomic mass is 10.4. The fourth-order valence-electron chi connectivity index (χ4n) is 1.97. The number of rotatable bonds is 3. The van der Waals surface area contributed by atoms with Gasteiger partial charge in [0.1, 0.15) is 0 Å². The van der Waals surface area contributed by atoms with Crippen LogP contribution in [0.25, 0.3) is 0 Å². The average molecular weight is 281 g/mol. The number of H-pyrrole nitrogens is 1. The fourth-order valence-corrected chi connectivity index (χ4v) is 2.11. The molecule has 1 aliphatic rings. The average Bonchev–Trinajstić information content (AvgIpc) is 3.00. The highest BCUT2D eigenvalue weighted by Gasteiger charge is 2.18. The number of nitrogens with zero attached hydrogens (tertiary/aromatic N) is 5. The molecule has 1 aliphatic heterocycles. The van der Waals surface area contributed by atoms with E-state index < -0.39 is 0 Å². The van der Waals surface area contributed by atoms with Gasteiger partial charge in [-0.2, -0.15) is 15.0 Å². The summed E-state index contributed by atoms with van der Waals surface area (Å²) in [6, 6.07) is 1.92. The number of hydrogen-bond acceptors (Lipinski definition) is 6. The smallest absolute Gasteiger partial charge is 0.329 e. The summed E-state index contributed by atoms with van der Waals surface area (Å²) in [7, 11) is 0. The summed E-state index contributed by atoms with van der Waals surface area (Å²) < 4.78 is 5.46. The van der Waals surface area contributed by atoms with Crippen molar-refractivity contribution < 1.29 is 4.74 Å². The molecule has 0 radical (unpaired) electrons. The molecule has 3 rings (SSSR count). The van der Waals surface area contributed by atoms with Gasteiger partial charge in [0.2, 0.25) is 17.1 Å². The molecule has 0 amide bonds. The molecule has 19 heavy (non-hydrogen) atoms. The molecule has 1 N–H and O–H groups in total. The van der Waals surface area contributed by atoms with Crippen molar-refractivity contribution in [1.29, 1.82) is 0 Å². The van der Waals surface area contributed by atoms with Gasteiger partial charge in [-0.3, -0.25) is 5.10 Å². The minimum Gasteiger partial charge on any atom is -0.403 e. The molecule has 0 aliphatic carbocycles. The SMILES string of the molecule is Cc1cc(Oc2nc(Cl)nc(N3CCCC3)n2)n[nH]1. The van der Waals surface area contributed by atoms with Crippen molar-refractivity contribution >= 4 is 17.5 Å². The lowest BCUT2D eigenvalue weighted by Gasteiger charge is -2.14. The van der Waals surface area contributed by atoms with Crippen molar-refractivity contribution in [2.24, 2.45) is 0 Å². The van der Waals surface area contributed by atoms with E-state index in [9.17, 15) is 0 Å². The minimum absolute atomic E-state index is 0.124. The number of halogens is 1. The van der Waals surface area contributed by atoms with Crippen LogP contribution in [0.15, 0.2) is 6.07 Å². The van der Waals surface area contributed by atoms with Crippen LogP contribution in [0.2, 0.25) is 5.28 Å². The van der Waals surface area contributed by atoms with Crippen LogP contribution in [0.3, 0.4) is 0 Å². The lowest BCUT2D eigenvalue weighted by molar-refractivity contribution is 0.422. The van der Waals surface area contributed by atoms with E-state index in [0.717, 1.165) is 31.6 Å². The third kappa shape index (κ3) is 2.76. The maximum absolute atomic E-state index is 5.90. The fraction of sp³-hybridized carbons (Fsp3) is 0.455. The quantitative estimate of drug-likeness (QED) is 0.926. The Labute approximate surface area is 115 Å². The van der Waals surface area contributed by atoms with E-state index in [4.69, 9.17) is 16.3 Å². The second kappa shape index (κ2) is 5.00. The molecule has 8 heteroatoms. The first-order valence-corrected chi connectivity index (χ1v) is 6.45. The summed E-state index contributed by atoms with van der Waals surface area (Å²) in [4.78, 5) is 14.4. The molecule has 0 saturated carbocycles. The standard InChI is InChI=1S/C11H13ClN6O/c1-7-6-8(17-16-7)19-11-14-9(12)13-10(15-11)18-4-2-3-5-18/h6H,2-5H2,1H3,(H,16,17). The van der Waals surface area contributed by atoms with Gasteiger partial charge in [0, 0.05) is 24.8 Å². The number of aryl methyl sites for hydroxylation is 1. The Balaban J connectivity index is 1.84. The van der Waals surface area contributed by atoms with Crippen LogP contribution >= 0.6 is 11.6 Å². The highest BCUT2D eigenvalue weighted by molar-refractivity contribution is 6.28. The summed E-state index contributed by atoms with van der Waals surface area (Å²) in [5, 5.41) is 6.87. The summed E-state index contributed by atoms with van der Waals surface area (Å²) >= 11 is 5.90. The Morgan fingerprint density at radius 3 is 2.74 bits per heavy atom. The van der Waals surface area contributed by atoms with Gasteiger partial charge in [0.25, 0.3) is 0 Å². The second-order valence-electron chi connectivity index (χ2n) is 4.37. The summed E-state index contributed by atoms with van der Waals surface area (Å²) in [5.74, 6) is 0.965. The van der Waals surface area contributed by atoms with Gasteiger partial charge in [-0.15, -0.1) is 5.10 Å². The highest BCUT2D eigenvalue weighted by atomic mass is 35.5. The first kappa shape index (κ1) is 12.2. The molecule has 7 nitrogen and oxygen atoms in total. The third-order valence-electron chi connectivity index (χ3n) is 2.84. The predicted molar refractivity (Wildman–Crippen MR) is 69.7 cm³/mol. The van der Waals surface area contributed by atoms with Crippen molar-refractivity contribution in [3.05, 3.63) is 17.0 Å². The summed E-state index contributed by atoms with van der Waals surface area (Å²) in [6.45, 7) is 3.75. The molecule has 3 heterocycles. The van der Waals surface area contributed by atoms with E-state index in [0.29, 0.717) is 11.8 Å². The first-order chi connectivity index (χ1) is 9.20. The molecular formula is C11H13ClN6O. The Kier molecular flexibility index (Phi) is 3.20. The van der Waals surface area contributed by atoms with Gasteiger partial charge in [-0.05, 0) is 31.4 Å². The zero-order valence-corrected chi connectivity index (χ0v) is 11.2. The van der Waals surface area contributed by atoms with Crippen molar-refractivity contribution in [2.45, 2.75) is 19.8 Å². The van der Waals surface area contributed by atoms with Crippen LogP contribution in [0.5, 0.6) is 11.9 Å². The van der Waals surface area contributed by atoms with Gasteiger partial charge in [0.15, 0.2) is 0 Å². The minimum atomic E-state index is 0.124.